The number of rotatable bonds is 5. The maximum Gasteiger partial charge on any atom is 0.145 e. The highest BCUT2D eigenvalue weighted by atomic mass is 79.9. The van der Waals surface area contributed by atoms with Crippen LogP contribution in [0.25, 0.3) is 11.0 Å². The molecule has 0 aromatic carbocycles. The van der Waals surface area contributed by atoms with Gasteiger partial charge >= 0.3 is 0 Å². The van der Waals surface area contributed by atoms with Crippen LogP contribution < -0.4 is 0 Å². The number of ether oxygens (including phenoxy) is 1. The van der Waals surface area contributed by atoms with Crippen LogP contribution in [-0.2, 0) is 11.5 Å². The molecule has 6 heteroatoms. The Balaban J connectivity index is 2.03. The third-order valence-electron chi connectivity index (χ3n) is 2.87. The summed E-state index contributed by atoms with van der Waals surface area (Å²) in [5.41, 5.74) is 0.862. The van der Waals surface area contributed by atoms with Crippen molar-refractivity contribution < 1.29 is 4.74 Å². The second-order valence-electron chi connectivity index (χ2n) is 5.81. The van der Waals surface area contributed by atoms with E-state index in [2.05, 4.69) is 40.6 Å². The monoisotopic (exact) mass is 360 g/mol. The topological polar surface area (TPSA) is 27.1 Å². The smallest absolute Gasteiger partial charge is 0.145 e. The minimum atomic E-state index is -1.03. The minimum absolute atomic E-state index is 0.481. The second-order valence-corrected chi connectivity index (χ2v) is 12.6. The van der Waals surface area contributed by atoms with Crippen LogP contribution in [0.3, 0.4) is 0 Å². The number of nitrogens with zero attached hydrogens (tertiary/aromatic N) is 2. The van der Waals surface area contributed by atoms with Crippen molar-refractivity contribution >= 4 is 46.6 Å². The fourth-order valence-corrected chi connectivity index (χ4v) is 2.94. The van der Waals surface area contributed by atoms with Crippen molar-refractivity contribution in [2.45, 2.75) is 32.4 Å². The van der Waals surface area contributed by atoms with E-state index in [1.807, 2.05) is 22.9 Å². The summed E-state index contributed by atoms with van der Waals surface area (Å²) in [6, 6.07) is 5.17. The zero-order chi connectivity index (χ0) is 14.0. The zero-order valence-corrected chi connectivity index (χ0v) is 14.8. The lowest BCUT2D eigenvalue weighted by molar-refractivity contribution is 0.0899. The lowest BCUT2D eigenvalue weighted by Crippen LogP contribution is -2.22. The average molecular weight is 362 g/mol. The van der Waals surface area contributed by atoms with Crippen molar-refractivity contribution in [3.05, 3.63) is 28.0 Å². The molecule has 104 valence electrons. The maximum absolute atomic E-state index is 6.03. The molecule has 2 heterocycles. The molecule has 3 nitrogen and oxygen atoms in total. The van der Waals surface area contributed by atoms with Gasteiger partial charge in [-0.05, 0) is 34.1 Å². The number of hydrogen-bond donors (Lipinski definition) is 0. The maximum atomic E-state index is 6.03. The van der Waals surface area contributed by atoms with Gasteiger partial charge in [0.25, 0.3) is 0 Å². The Hall–Kier alpha value is -0.363. The first-order chi connectivity index (χ1) is 8.87. The summed E-state index contributed by atoms with van der Waals surface area (Å²) < 4.78 is 8.54. The van der Waals surface area contributed by atoms with Crippen LogP contribution in [0, 0.1) is 0 Å². The van der Waals surface area contributed by atoms with E-state index in [1.54, 1.807) is 0 Å². The molecule has 0 spiro atoms. The molecule has 0 saturated carbocycles. The molecule has 0 atom stereocenters. The second kappa shape index (κ2) is 5.95. The Bertz CT molecular complexity index is 580. The quantitative estimate of drug-likeness (QED) is 0.436. The molecule has 0 saturated heterocycles. The van der Waals surface area contributed by atoms with Crippen molar-refractivity contribution in [3.63, 3.8) is 0 Å². The van der Waals surface area contributed by atoms with Crippen LogP contribution in [0.4, 0.5) is 0 Å². The molecule has 0 aliphatic carbocycles. The van der Waals surface area contributed by atoms with Crippen LogP contribution in [-0.4, -0.2) is 24.2 Å². The number of fused-ring (bicyclic) bond motifs is 1. The van der Waals surface area contributed by atoms with Gasteiger partial charge in [0.05, 0.1) is 4.47 Å². The Morgan fingerprint density at radius 1 is 1.42 bits per heavy atom. The Morgan fingerprint density at radius 2 is 2.16 bits per heavy atom. The zero-order valence-electron chi connectivity index (χ0n) is 11.4. The van der Waals surface area contributed by atoms with Gasteiger partial charge in [0, 0.05) is 26.3 Å². The molecule has 2 rings (SSSR count). The van der Waals surface area contributed by atoms with Gasteiger partial charge in [0.15, 0.2) is 0 Å². The van der Waals surface area contributed by atoms with Crippen molar-refractivity contribution in [1.29, 1.82) is 0 Å². The summed E-state index contributed by atoms with van der Waals surface area (Å²) in [4.78, 5) is 4.37. The van der Waals surface area contributed by atoms with Gasteiger partial charge in [0.1, 0.15) is 17.5 Å². The number of pyridine rings is 1. The third-order valence-corrected chi connectivity index (χ3v) is 5.70. The molecular formula is C13H18BrClN2OSi. The van der Waals surface area contributed by atoms with Gasteiger partial charge < -0.3 is 9.30 Å². The fourth-order valence-electron chi connectivity index (χ4n) is 1.71. The first-order valence-corrected chi connectivity index (χ1v) is 11.1. The summed E-state index contributed by atoms with van der Waals surface area (Å²) >= 11 is 9.41. The van der Waals surface area contributed by atoms with Crippen molar-refractivity contribution in [3.8, 4) is 0 Å². The van der Waals surface area contributed by atoms with Crippen LogP contribution in [0.15, 0.2) is 22.8 Å². The first kappa shape index (κ1) is 15.0. The Morgan fingerprint density at radius 3 is 2.84 bits per heavy atom. The predicted molar refractivity (Wildman–Crippen MR) is 86.5 cm³/mol. The summed E-state index contributed by atoms with van der Waals surface area (Å²) in [7, 11) is -1.03. The molecule has 0 aliphatic heterocycles. The van der Waals surface area contributed by atoms with Gasteiger partial charge in [-0.1, -0.05) is 31.2 Å². The average Bonchev–Trinajstić information content (AvgIpc) is 2.67. The lowest BCUT2D eigenvalue weighted by Gasteiger charge is -2.15. The molecule has 19 heavy (non-hydrogen) atoms. The van der Waals surface area contributed by atoms with Crippen molar-refractivity contribution in [1.82, 2.24) is 9.55 Å². The highest BCUT2D eigenvalue weighted by Crippen LogP contribution is 2.25. The largest absolute Gasteiger partial charge is 0.361 e. The van der Waals surface area contributed by atoms with Gasteiger partial charge in [-0.2, -0.15) is 0 Å². The Kier molecular flexibility index (Phi) is 4.71. The van der Waals surface area contributed by atoms with Gasteiger partial charge in [0.2, 0.25) is 0 Å². The van der Waals surface area contributed by atoms with Crippen LogP contribution >= 0.6 is 27.5 Å². The van der Waals surface area contributed by atoms with Gasteiger partial charge in [-0.3, -0.25) is 0 Å². The number of aromatic nitrogens is 2. The highest BCUT2D eigenvalue weighted by Gasteiger charge is 2.12. The number of halogens is 2. The highest BCUT2D eigenvalue weighted by molar-refractivity contribution is 9.10. The molecular weight excluding hydrogens is 344 g/mol. The summed E-state index contributed by atoms with van der Waals surface area (Å²) in [5, 5.41) is 1.54. The summed E-state index contributed by atoms with van der Waals surface area (Å²) in [6.45, 7) is 8.37. The van der Waals surface area contributed by atoms with Crippen molar-refractivity contribution in [2.24, 2.45) is 0 Å². The van der Waals surface area contributed by atoms with E-state index < -0.39 is 8.07 Å². The van der Waals surface area contributed by atoms with E-state index >= 15 is 0 Å². The molecule has 0 unspecified atom stereocenters. The fraction of sp³-hybridized carbons (Fsp3) is 0.462. The third kappa shape index (κ3) is 4.05. The number of hydrogen-bond acceptors (Lipinski definition) is 2. The van der Waals surface area contributed by atoms with Crippen LogP contribution in [0.1, 0.15) is 0 Å². The van der Waals surface area contributed by atoms with Gasteiger partial charge in [-0.25, -0.2) is 4.98 Å². The summed E-state index contributed by atoms with van der Waals surface area (Å²) in [6.07, 6.45) is 1.98. The molecule has 0 bridgehead atoms. The van der Waals surface area contributed by atoms with E-state index in [-0.39, 0.29) is 0 Å². The summed E-state index contributed by atoms with van der Waals surface area (Å²) in [5.74, 6) is 0. The molecule has 2 aromatic rings. The standard InChI is InChI=1S/C13H18BrClN2OSi/c1-19(2,3)7-6-18-9-17-5-4-10-8-11(14)12(15)16-13(10)17/h4-5,8H,6-7,9H2,1-3H3. The van der Waals surface area contributed by atoms with E-state index in [4.69, 9.17) is 16.3 Å². The molecule has 0 fully saturated rings. The van der Waals surface area contributed by atoms with Crippen LogP contribution in [0.5, 0.6) is 0 Å². The van der Waals surface area contributed by atoms with E-state index in [9.17, 15) is 0 Å². The van der Waals surface area contributed by atoms with E-state index in [1.165, 1.54) is 6.04 Å². The molecule has 0 radical (unpaired) electrons. The molecule has 0 amide bonds. The SMILES string of the molecule is C[Si](C)(C)CCOCn1ccc2cc(Br)c(Cl)nc21. The predicted octanol–water partition coefficient (Wildman–Crippen LogP) is 4.76. The molecule has 0 N–H and O–H groups in total. The minimum Gasteiger partial charge on any atom is -0.361 e. The van der Waals surface area contributed by atoms with Crippen molar-refractivity contribution in [2.75, 3.05) is 6.61 Å². The molecule has 0 aliphatic rings. The Labute approximate surface area is 128 Å². The normalized spacial score (nSPS) is 12.3. The van der Waals surface area contributed by atoms with Crippen LogP contribution in [0.2, 0.25) is 30.8 Å². The van der Waals surface area contributed by atoms with E-state index in [0.717, 1.165) is 22.1 Å². The first-order valence-electron chi connectivity index (χ1n) is 6.25. The molecule has 2 aromatic heterocycles. The lowest BCUT2D eigenvalue weighted by atomic mass is 10.3. The van der Waals surface area contributed by atoms with Gasteiger partial charge in [-0.15, -0.1) is 0 Å². The van der Waals surface area contributed by atoms with E-state index in [0.29, 0.717) is 11.9 Å².